The van der Waals surface area contributed by atoms with Gasteiger partial charge in [-0.3, -0.25) is 19.8 Å². The molecule has 8 nitrogen and oxygen atoms in total. The van der Waals surface area contributed by atoms with Gasteiger partial charge in [-0.1, -0.05) is 19.1 Å². The smallest absolute Gasteiger partial charge is 0.274 e. The first-order chi connectivity index (χ1) is 13.4. The Bertz CT molecular complexity index is 854. The zero-order valence-electron chi connectivity index (χ0n) is 16.3. The van der Waals surface area contributed by atoms with Gasteiger partial charge in [0.15, 0.2) is 11.5 Å². The zero-order valence-corrected chi connectivity index (χ0v) is 16.3. The van der Waals surface area contributed by atoms with E-state index in [4.69, 9.17) is 15.2 Å². The van der Waals surface area contributed by atoms with Crippen LogP contribution in [0, 0.1) is 10.1 Å². The molecule has 2 N–H and O–H groups in total. The summed E-state index contributed by atoms with van der Waals surface area (Å²) in [5, 5.41) is 11.4. The summed E-state index contributed by atoms with van der Waals surface area (Å²) in [4.78, 5) is 24.3. The van der Waals surface area contributed by atoms with Crippen LogP contribution in [0.5, 0.6) is 11.5 Å². The Kier molecular flexibility index (Phi) is 7.34. The van der Waals surface area contributed by atoms with Crippen LogP contribution in [0.2, 0.25) is 0 Å². The first-order valence-electron chi connectivity index (χ1n) is 8.98. The van der Waals surface area contributed by atoms with Crippen LogP contribution in [0.1, 0.15) is 35.3 Å². The molecule has 0 heterocycles. The molecule has 0 saturated heterocycles. The van der Waals surface area contributed by atoms with E-state index in [1.807, 2.05) is 32.0 Å². The maximum absolute atomic E-state index is 11.4. The third-order valence-electron chi connectivity index (χ3n) is 4.34. The lowest BCUT2D eigenvalue weighted by Gasteiger charge is -2.21. The number of hydrogen-bond acceptors (Lipinski definition) is 6. The molecule has 1 amide bonds. The lowest BCUT2D eigenvalue weighted by molar-refractivity contribution is -0.385. The number of primary amides is 1. The van der Waals surface area contributed by atoms with E-state index in [2.05, 4.69) is 4.90 Å². The van der Waals surface area contributed by atoms with E-state index >= 15 is 0 Å². The van der Waals surface area contributed by atoms with Gasteiger partial charge in [0.25, 0.3) is 5.69 Å². The van der Waals surface area contributed by atoms with Crippen molar-refractivity contribution < 1.29 is 19.2 Å². The Hall–Kier alpha value is -3.13. The standard InChI is InChI=1S/C20H25N3O5/c1-4-22(12-14-6-9-18(28-5-2)19(10-14)27-3)13-16-8-7-15(20(21)24)11-17(16)23(25)26/h6-11H,4-5,12-13H2,1-3H3,(H2,21,24). The summed E-state index contributed by atoms with van der Waals surface area (Å²) < 4.78 is 10.9. The molecule has 0 aromatic heterocycles. The summed E-state index contributed by atoms with van der Waals surface area (Å²) in [5.74, 6) is 0.630. The number of nitrogens with zero attached hydrogens (tertiary/aromatic N) is 2. The summed E-state index contributed by atoms with van der Waals surface area (Å²) in [6, 6.07) is 10.0. The second kappa shape index (κ2) is 9.70. The number of amides is 1. The largest absolute Gasteiger partial charge is 0.493 e. The fraction of sp³-hybridized carbons (Fsp3) is 0.350. The minimum absolute atomic E-state index is 0.112. The van der Waals surface area contributed by atoms with Crippen LogP contribution in [0.15, 0.2) is 36.4 Å². The van der Waals surface area contributed by atoms with E-state index in [-0.39, 0.29) is 11.3 Å². The molecule has 0 spiro atoms. The Morgan fingerprint density at radius 3 is 2.46 bits per heavy atom. The normalized spacial score (nSPS) is 10.7. The minimum Gasteiger partial charge on any atom is -0.493 e. The summed E-state index contributed by atoms with van der Waals surface area (Å²) >= 11 is 0. The van der Waals surface area contributed by atoms with Gasteiger partial charge in [-0.05, 0) is 37.2 Å². The van der Waals surface area contributed by atoms with Crippen molar-refractivity contribution >= 4 is 11.6 Å². The second-order valence-corrected chi connectivity index (χ2v) is 6.19. The molecule has 0 fully saturated rings. The molecule has 0 radical (unpaired) electrons. The van der Waals surface area contributed by atoms with Crippen LogP contribution >= 0.6 is 0 Å². The summed E-state index contributed by atoms with van der Waals surface area (Å²) in [6.07, 6.45) is 0. The number of nitrogens with two attached hydrogens (primary N) is 1. The maximum atomic E-state index is 11.4. The molecule has 28 heavy (non-hydrogen) atoms. The average Bonchev–Trinajstić information content (AvgIpc) is 2.68. The van der Waals surface area contributed by atoms with Crippen molar-refractivity contribution in [1.82, 2.24) is 4.90 Å². The molecule has 0 aliphatic rings. The van der Waals surface area contributed by atoms with Gasteiger partial charge < -0.3 is 15.2 Å². The maximum Gasteiger partial charge on any atom is 0.274 e. The highest BCUT2D eigenvalue weighted by atomic mass is 16.6. The van der Waals surface area contributed by atoms with Crippen LogP contribution in [-0.2, 0) is 13.1 Å². The van der Waals surface area contributed by atoms with Crippen molar-refractivity contribution in [3.63, 3.8) is 0 Å². The number of hydrogen-bond donors (Lipinski definition) is 1. The van der Waals surface area contributed by atoms with Crippen LogP contribution in [0.25, 0.3) is 0 Å². The highest BCUT2D eigenvalue weighted by Gasteiger charge is 2.19. The number of methoxy groups -OCH3 is 1. The molecular weight excluding hydrogens is 362 g/mol. The SMILES string of the molecule is CCOc1ccc(CN(CC)Cc2ccc(C(N)=O)cc2[N+](=O)[O-])cc1OC. The van der Waals surface area contributed by atoms with Crippen molar-refractivity contribution in [2.45, 2.75) is 26.9 Å². The van der Waals surface area contributed by atoms with E-state index in [0.29, 0.717) is 43.3 Å². The Morgan fingerprint density at radius 1 is 1.14 bits per heavy atom. The van der Waals surface area contributed by atoms with Gasteiger partial charge in [0.1, 0.15) is 0 Å². The van der Waals surface area contributed by atoms with Gasteiger partial charge in [-0.15, -0.1) is 0 Å². The minimum atomic E-state index is -0.691. The predicted molar refractivity (Wildman–Crippen MR) is 106 cm³/mol. The molecule has 0 saturated carbocycles. The Morgan fingerprint density at radius 2 is 1.89 bits per heavy atom. The van der Waals surface area contributed by atoms with Crippen LogP contribution in [0.4, 0.5) is 5.69 Å². The fourth-order valence-corrected chi connectivity index (χ4v) is 2.88. The Labute approximate surface area is 164 Å². The molecule has 2 aromatic rings. The number of ether oxygens (including phenoxy) is 2. The van der Waals surface area contributed by atoms with Gasteiger partial charge in [-0.2, -0.15) is 0 Å². The van der Waals surface area contributed by atoms with Crippen LogP contribution < -0.4 is 15.2 Å². The highest BCUT2D eigenvalue weighted by Crippen LogP contribution is 2.29. The van der Waals surface area contributed by atoms with Gasteiger partial charge in [0.2, 0.25) is 5.91 Å². The summed E-state index contributed by atoms with van der Waals surface area (Å²) in [6.45, 7) is 6.05. The lowest BCUT2D eigenvalue weighted by Crippen LogP contribution is -2.23. The number of rotatable bonds is 10. The summed E-state index contributed by atoms with van der Waals surface area (Å²) in [5.41, 5.74) is 6.76. The molecule has 0 atom stereocenters. The topological polar surface area (TPSA) is 108 Å². The van der Waals surface area contributed by atoms with Crippen molar-refractivity contribution in [1.29, 1.82) is 0 Å². The van der Waals surface area contributed by atoms with E-state index in [1.54, 1.807) is 13.2 Å². The van der Waals surface area contributed by atoms with Gasteiger partial charge in [0, 0.05) is 30.3 Å². The van der Waals surface area contributed by atoms with Crippen molar-refractivity contribution in [2.75, 3.05) is 20.3 Å². The number of carbonyl (C=O) groups excluding carboxylic acids is 1. The van der Waals surface area contributed by atoms with Crippen molar-refractivity contribution in [2.24, 2.45) is 5.73 Å². The van der Waals surface area contributed by atoms with E-state index < -0.39 is 10.8 Å². The van der Waals surface area contributed by atoms with Gasteiger partial charge in [-0.25, -0.2) is 0 Å². The lowest BCUT2D eigenvalue weighted by atomic mass is 10.1. The number of nitro groups is 1. The highest BCUT2D eigenvalue weighted by molar-refractivity contribution is 5.93. The third kappa shape index (κ3) is 5.20. The summed E-state index contributed by atoms with van der Waals surface area (Å²) in [7, 11) is 1.59. The third-order valence-corrected chi connectivity index (χ3v) is 4.34. The van der Waals surface area contributed by atoms with E-state index in [0.717, 1.165) is 5.56 Å². The second-order valence-electron chi connectivity index (χ2n) is 6.19. The molecule has 0 aliphatic heterocycles. The predicted octanol–water partition coefficient (Wildman–Crippen LogP) is 3.12. The number of benzene rings is 2. The van der Waals surface area contributed by atoms with Gasteiger partial charge in [0.05, 0.1) is 18.6 Å². The first kappa shape index (κ1) is 21.2. The number of nitro benzene ring substituents is 1. The fourth-order valence-electron chi connectivity index (χ4n) is 2.88. The van der Waals surface area contributed by atoms with Crippen molar-refractivity contribution in [3.8, 4) is 11.5 Å². The molecule has 150 valence electrons. The monoisotopic (exact) mass is 387 g/mol. The molecule has 0 unspecified atom stereocenters. The van der Waals surface area contributed by atoms with Crippen LogP contribution in [0.3, 0.4) is 0 Å². The molecule has 2 rings (SSSR count). The van der Waals surface area contributed by atoms with E-state index in [1.165, 1.54) is 12.1 Å². The van der Waals surface area contributed by atoms with Crippen LogP contribution in [-0.4, -0.2) is 36.0 Å². The molecule has 8 heteroatoms. The molecule has 0 aliphatic carbocycles. The molecular formula is C20H25N3O5. The molecule has 2 aromatic carbocycles. The molecule has 0 bridgehead atoms. The zero-order chi connectivity index (χ0) is 20.7. The van der Waals surface area contributed by atoms with Crippen molar-refractivity contribution in [3.05, 3.63) is 63.2 Å². The van der Waals surface area contributed by atoms with Gasteiger partial charge >= 0.3 is 0 Å². The van der Waals surface area contributed by atoms with E-state index in [9.17, 15) is 14.9 Å². The quantitative estimate of drug-likeness (QED) is 0.496. The Balaban J connectivity index is 2.23. The number of carbonyl (C=O) groups is 1. The average molecular weight is 387 g/mol. The first-order valence-corrected chi connectivity index (χ1v) is 8.98.